The Kier molecular flexibility index (Phi) is 4.94. The molecule has 0 bridgehead atoms. The molecule has 1 amide bonds. The number of amides is 1. The summed E-state index contributed by atoms with van der Waals surface area (Å²) in [5, 5.41) is 24.1. The van der Waals surface area contributed by atoms with Crippen LogP contribution in [-0.2, 0) is 4.79 Å². The summed E-state index contributed by atoms with van der Waals surface area (Å²) in [7, 11) is 0. The second kappa shape index (κ2) is 7.75. The predicted molar refractivity (Wildman–Crippen MR) is 116 cm³/mol. The topological polar surface area (TPSA) is 104 Å². The zero-order valence-electron chi connectivity index (χ0n) is 17.0. The van der Waals surface area contributed by atoms with Crippen LogP contribution in [0.3, 0.4) is 0 Å². The van der Waals surface area contributed by atoms with Crippen molar-refractivity contribution in [2.75, 3.05) is 17.2 Å². The van der Waals surface area contributed by atoms with Gasteiger partial charge < -0.3 is 21.1 Å². The number of allylic oxidation sites excluding steroid dienone is 1. The molecule has 2 aliphatic carbocycles. The molecule has 4 N–H and O–H groups in total. The summed E-state index contributed by atoms with van der Waals surface area (Å²) in [5.41, 5.74) is 2.91. The highest BCUT2D eigenvalue weighted by molar-refractivity contribution is 6.02. The average molecular weight is 409 g/mol. The number of rotatable bonds is 6. The number of nitrogens with one attached hydrogen (secondary N) is 3. The molecule has 30 heavy (non-hydrogen) atoms. The molecule has 2 saturated carbocycles. The second-order valence-corrected chi connectivity index (χ2v) is 8.74. The van der Waals surface area contributed by atoms with Crippen LogP contribution < -0.4 is 16.0 Å². The van der Waals surface area contributed by atoms with Crippen molar-refractivity contribution in [3.8, 4) is 0 Å². The van der Waals surface area contributed by atoms with Gasteiger partial charge >= 0.3 is 0 Å². The van der Waals surface area contributed by atoms with Crippen molar-refractivity contribution in [3.63, 3.8) is 0 Å². The van der Waals surface area contributed by atoms with Crippen LogP contribution in [-0.4, -0.2) is 44.3 Å². The Bertz CT molecular complexity index is 1010. The van der Waals surface area contributed by atoms with E-state index >= 15 is 0 Å². The smallest absolute Gasteiger partial charge is 0.251 e. The van der Waals surface area contributed by atoms with E-state index in [0.717, 1.165) is 55.3 Å². The van der Waals surface area contributed by atoms with Gasteiger partial charge in [0.1, 0.15) is 11.6 Å². The molecule has 1 saturated heterocycles. The lowest BCUT2D eigenvalue weighted by atomic mass is 9.93. The lowest BCUT2D eigenvalue weighted by molar-refractivity contribution is -0.115. The molecule has 0 radical (unpaired) electrons. The van der Waals surface area contributed by atoms with Crippen LogP contribution in [0.4, 0.5) is 11.6 Å². The first-order valence-electron chi connectivity index (χ1n) is 10.8. The molecule has 5 rings (SSSR count). The number of nitrogens with zero attached hydrogens (tertiary/aromatic N) is 3. The van der Waals surface area contributed by atoms with E-state index in [1.807, 2.05) is 16.7 Å². The third-order valence-corrected chi connectivity index (χ3v) is 6.13. The summed E-state index contributed by atoms with van der Waals surface area (Å²) in [6, 6.07) is 2.31. The monoisotopic (exact) mass is 408 g/mol. The van der Waals surface area contributed by atoms with E-state index in [9.17, 15) is 9.90 Å². The number of aromatic nitrogens is 3. The molecule has 0 atom stereocenters. The van der Waals surface area contributed by atoms with Gasteiger partial charge in [-0.1, -0.05) is 6.58 Å². The van der Waals surface area contributed by atoms with Crippen LogP contribution in [0.15, 0.2) is 30.1 Å². The van der Waals surface area contributed by atoms with Crippen LogP contribution in [0.1, 0.15) is 50.5 Å². The van der Waals surface area contributed by atoms with Gasteiger partial charge in [0, 0.05) is 41.9 Å². The van der Waals surface area contributed by atoms with Gasteiger partial charge in [0.2, 0.25) is 0 Å². The standard InChI is InChI=1S/C22H28N6O2/c1-13-8-15(22(30)25-13)9-16-12-24-28-20(23-11-14-2-3-14)10-19(27-21(16)28)26-17-4-6-18(29)7-5-17/h9-10,12,14,17-18,23,29H,1-8,11H2,(H,25,30)(H,26,27)/b15-9+. The number of anilines is 2. The number of carbonyl (C=O) groups excluding carboxylic acids is 1. The Labute approximate surface area is 175 Å². The fourth-order valence-electron chi connectivity index (χ4n) is 4.18. The maximum absolute atomic E-state index is 12.1. The van der Waals surface area contributed by atoms with E-state index in [2.05, 4.69) is 27.6 Å². The average Bonchev–Trinajstić information content (AvgIpc) is 3.39. The minimum atomic E-state index is -0.186. The molecule has 8 heteroatoms. The van der Waals surface area contributed by atoms with E-state index in [0.29, 0.717) is 29.4 Å². The van der Waals surface area contributed by atoms with Gasteiger partial charge in [-0.05, 0) is 50.5 Å². The van der Waals surface area contributed by atoms with Crippen molar-refractivity contribution in [3.05, 3.63) is 35.7 Å². The van der Waals surface area contributed by atoms with Gasteiger partial charge in [0.05, 0.1) is 12.3 Å². The molecule has 3 aliphatic rings. The molecule has 2 aromatic rings. The molecule has 158 valence electrons. The summed E-state index contributed by atoms with van der Waals surface area (Å²) in [6.07, 6.45) is 9.97. The van der Waals surface area contributed by atoms with E-state index in [-0.39, 0.29) is 12.0 Å². The Morgan fingerprint density at radius 2 is 2.07 bits per heavy atom. The van der Waals surface area contributed by atoms with Crippen LogP contribution in [0.2, 0.25) is 0 Å². The third-order valence-electron chi connectivity index (χ3n) is 6.13. The van der Waals surface area contributed by atoms with Crippen LogP contribution in [0.25, 0.3) is 11.7 Å². The second-order valence-electron chi connectivity index (χ2n) is 8.74. The molecule has 2 aromatic heterocycles. The highest BCUT2D eigenvalue weighted by Gasteiger charge is 2.24. The van der Waals surface area contributed by atoms with Crippen LogP contribution in [0.5, 0.6) is 0 Å². The van der Waals surface area contributed by atoms with Gasteiger partial charge in [-0.2, -0.15) is 9.61 Å². The molecule has 8 nitrogen and oxygen atoms in total. The van der Waals surface area contributed by atoms with E-state index in [1.54, 1.807) is 6.20 Å². The largest absolute Gasteiger partial charge is 0.393 e. The molecule has 0 unspecified atom stereocenters. The van der Waals surface area contributed by atoms with Crippen LogP contribution >= 0.6 is 0 Å². The Balaban J connectivity index is 1.47. The molecular weight excluding hydrogens is 380 g/mol. The summed E-state index contributed by atoms with van der Waals surface area (Å²) in [6.45, 7) is 4.77. The maximum atomic E-state index is 12.1. The van der Waals surface area contributed by atoms with Crippen molar-refractivity contribution in [2.45, 2.75) is 57.1 Å². The SMILES string of the molecule is C=C1C/C(=C\c2cnn3c(NCC4CC4)cc(NC4CCC(O)CC4)nc23)C(=O)N1. The van der Waals surface area contributed by atoms with Crippen molar-refractivity contribution in [1.29, 1.82) is 0 Å². The summed E-state index contributed by atoms with van der Waals surface area (Å²) in [5.74, 6) is 2.31. The van der Waals surface area contributed by atoms with E-state index in [4.69, 9.17) is 4.98 Å². The maximum Gasteiger partial charge on any atom is 0.251 e. The first-order chi connectivity index (χ1) is 14.5. The summed E-state index contributed by atoms with van der Waals surface area (Å²) >= 11 is 0. The zero-order chi connectivity index (χ0) is 20.7. The van der Waals surface area contributed by atoms with Gasteiger partial charge in [-0.3, -0.25) is 4.79 Å². The van der Waals surface area contributed by atoms with Crippen molar-refractivity contribution >= 4 is 29.3 Å². The van der Waals surface area contributed by atoms with Gasteiger partial charge in [0.15, 0.2) is 5.65 Å². The van der Waals surface area contributed by atoms with E-state index < -0.39 is 0 Å². The Morgan fingerprint density at radius 3 is 2.77 bits per heavy atom. The summed E-state index contributed by atoms with van der Waals surface area (Å²) < 4.78 is 1.81. The summed E-state index contributed by atoms with van der Waals surface area (Å²) in [4.78, 5) is 16.9. The highest BCUT2D eigenvalue weighted by atomic mass is 16.3. The lowest BCUT2D eigenvalue weighted by Gasteiger charge is -2.26. The van der Waals surface area contributed by atoms with E-state index in [1.165, 1.54) is 12.8 Å². The Hall–Kier alpha value is -2.87. The number of carbonyl (C=O) groups is 1. The molecule has 0 aromatic carbocycles. The number of fused-ring (bicyclic) bond motifs is 1. The first kappa shape index (κ1) is 19.1. The van der Waals surface area contributed by atoms with Gasteiger partial charge in [-0.25, -0.2) is 4.98 Å². The minimum absolute atomic E-state index is 0.110. The fraction of sp³-hybridized carbons (Fsp3) is 0.500. The molecule has 1 aliphatic heterocycles. The molecule has 3 fully saturated rings. The van der Waals surface area contributed by atoms with Gasteiger partial charge in [-0.15, -0.1) is 0 Å². The zero-order valence-corrected chi connectivity index (χ0v) is 17.0. The van der Waals surface area contributed by atoms with Crippen molar-refractivity contribution in [2.24, 2.45) is 5.92 Å². The van der Waals surface area contributed by atoms with Crippen molar-refractivity contribution < 1.29 is 9.90 Å². The Morgan fingerprint density at radius 1 is 1.27 bits per heavy atom. The number of aliphatic hydroxyl groups excluding tert-OH is 1. The first-order valence-corrected chi connectivity index (χ1v) is 10.8. The van der Waals surface area contributed by atoms with Crippen LogP contribution in [0, 0.1) is 5.92 Å². The predicted octanol–water partition coefficient (Wildman–Crippen LogP) is 2.68. The number of aliphatic hydroxyl groups is 1. The van der Waals surface area contributed by atoms with Gasteiger partial charge in [0.25, 0.3) is 5.91 Å². The minimum Gasteiger partial charge on any atom is -0.393 e. The molecule has 3 heterocycles. The lowest BCUT2D eigenvalue weighted by Crippen LogP contribution is -2.28. The number of hydrogen-bond donors (Lipinski definition) is 4. The molecular formula is C22H28N6O2. The molecule has 0 spiro atoms. The normalized spacial score (nSPS) is 25.7. The highest BCUT2D eigenvalue weighted by Crippen LogP contribution is 2.30. The number of hydrogen-bond acceptors (Lipinski definition) is 6. The quantitative estimate of drug-likeness (QED) is 0.548. The third kappa shape index (κ3) is 4.05. The fourth-order valence-corrected chi connectivity index (χ4v) is 4.18. The van der Waals surface area contributed by atoms with Crippen molar-refractivity contribution in [1.82, 2.24) is 19.9 Å².